The van der Waals surface area contributed by atoms with Crippen LogP contribution in [0, 0.1) is 0 Å². The van der Waals surface area contributed by atoms with E-state index < -0.39 is 20.0 Å². The molecule has 0 saturated carbocycles. The Balaban J connectivity index is 3.99. The van der Waals surface area contributed by atoms with Crippen molar-refractivity contribution in [2.24, 2.45) is 0 Å². The number of unbranched alkanes of at least 4 members (excludes halogenated alkanes) is 59. The SMILES string of the molecule is CCCCCCCCCCCCCCCCCCCCCCCC/C=C/CC/C=C/CC/C=C/C(O)C(COP(=O)(O)OCC[N+](C)(C)C)NC(=O)CCCCCCCCCCCCCCCCCCCCCCCCCCCCCCCCCCCCCC. The molecule has 0 aliphatic carbocycles. The van der Waals surface area contributed by atoms with Crippen LogP contribution in [-0.4, -0.2) is 73.4 Å². The summed E-state index contributed by atoms with van der Waals surface area (Å²) in [5.41, 5.74) is 0. The van der Waals surface area contributed by atoms with Crippen molar-refractivity contribution < 1.29 is 32.9 Å². The maximum absolute atomic E-state index is 13.1. The van der Waals surface area contributed by atoms with Crippen LogP contribution in [0.25, 0.3) is 0 Å². The first kappa shape index (κ1) is 88.7. The molecule has 0 aromatic heterocycles. The molecule has 0 bridgehead atoms. The Labute approximate surface area is 563 Å². The molecule has 0 aromatic carbocycles. The molecule has 0 spiro atoms. The summed E-state index contributed by atoms with van der Waals surface area (Å²) in [6.07, 6.45) is 97.9. The van der Waals surface area contributed by atoms with Gasteiger partial charge in [0.05, 0.1) is 39.9 Å². The zero-order valence-electron chi connectivity index (χ0n) is 61.4. The number of likely N-dealkylation sites (N-methyl/N-ethyl adjacent to an activating group) is 1. The number of amides is 1. The molecule has 0 aliphatic rings. The molecule has 0 radical (unpaired) electrons. The molecule has 3 unspecified atom stereocenters. The summed E-state index contributed by atoms with van der Waals surface area (Å²) in [4.78, 5) is 23.5. The quantitative estimate of drug-likeness (QED) is 0.0243. The van der Waals surface area contributed by atoms with Gasteiger partial charge in [0.2, 0.25) is 5.91 Å². The number of allylic oxidation sites excluding steroid dienone is 5. The Morgan fingerprint density at radius 3 is 0.889 bits per heavy atom. The van der Waals surface area contributed by atoms with E-state index in [1.54, 1.807) is 6.08 Å². The third-order valence-corrected chi connectivity index (χ3v) is 19.8. The van der Waals surface area contributed by atoms with Crippen LogP contribution >= 0.6 is 7.82 Å². The van der Waals surface area contributed by atoms with Gasteiger partial charge < -0.3 is 19.8 Å². The van der Waals surface area contributed by atoms with Crippen molar-refractivity contribution in [1.29, 1.82) is 0 Å². The first-order valence-corrected chi connectivity index (χ1v) is 41.9. The van der Waals surface area contributed by atoms with Crippen LogP contribution in [0.1, 0.15) is 425 Å². The lowest BCUT2D eigenvalue weighted by Gasteiger charge is -2.25. The number of phosphoric acid groups is 1. The average Bonchev–Trinajstić information content (AvgIpc) is 3.56. The summed E-state index contributed by atoms with van der Waals surface area (Å²) < 4.78 is 23.9. The van der Waals surface area contributed by atoms with Crippen molar-refractivity contribution in [3.05, 3.63) is 36.5 Å². The summed E-state index contributed by atoms with van der Waals surface area (Å²) in [5.74, 6) is -0.182. The van der Waals surface area contributed by atoms with Gasteiger partial charge in [0.1, 0.15) is 13.2 Å². The van der Waals surface area contributed by atoms with Gasteiger partial charge in [-0.3, -0.25) is 13.8 Å². The van der Waals surface area contributed by atoms with E-state index in [2.05, 4.69) is 43.5 Å². The van der Waals surface area contributed by atoms with E-state index >= 15 is 0 Å². The van der Waals surface area contributed by atoms with Gasteiger partial charge in [0.15, 0.2) is 0 Å². The number of aliphatic hydroxyl groups excluding tert-OH is 1. The van der Waals surface area contributed by atoms with E-state index in [1.807, 2.05) is 27.2 Å². The molecule has 534 valence electrons. The van der Waals surface area contributed by atoms with Crippen LogP contribution in [-0.2, 0) is 18.4 Å². The molecule has 9 heteroatoms. The van der Waals surface area contributed by atoms with E-state index in [1.165, 1.54) is 360 Å². The second kappa shape index (κ2) is 72.0. The fourth-order valence-corrected chi connectivity index (χ4v) is 13.3. The van der Waals surface area contributed by atoms with Gasteiger partial charge in [-0.15, -0.1) is 0 Å². The molecule has 0 aromatic rings. The molecule has 0 heterocycles. The van der Waals surface area contributed by atoms with Crippen LogP contribution < -0.4 is 5.32 Å². The molecule has 0 saturated heterocycles. The lowest BCUT2D eigenvalue weighted by Crippen LogP contribution is -2.45. The van der Waals surface area contributed by atoms with E-state index in [4.69, 9.17) is 9.05 Å². The Morgan fingerprint density at radius 2 is 0.611 bits per heavy atom. The topological polar surface area (TPSA) is 105 Å². The number of aliphatic hydroxyl groups is 1. The minimum atomic E-state index is -4.37. The Hall–Kier alpha value is -1.28. The van der Waals surface area contributed by atoms with Gasteiger partial charge in [-0.2, -0.15) is 0 Å². The van der Waals surface area contributed by atoms with Crippen LogP contribution in [0.15, 0.2) is 36.5 Å². The first-order chi connectivity index (χ1) is 44.0. The van der Waals surface area contributed by atoms with Crippen LogP contribution in [0.2, 0.25) is 0 Å². The summed E-state index contributed by atoms with van der Waals surface area (Å²) in [6.45, 7) is 4.86. The van der Waals surface area contributed by atoms with Crippen molar-refractivity contribution >= 4 is 13.7 Å². The van der Waals surface area contributed by atoms with Crippen molar-refractivity contribution in [2.45, 2.75) is 437 Å². The normalized spacial score (nSPS) is 13.6. The Morgan fingerprint density at radius 1 is 0.367 bits per heavy atom. The number of hydrogen-bond acceptors (Lipinski definition) is 5. The fourth-order valence-electron chi connectivity index (χ4n) is 12.6. The molecule has 3 atom stereocenters. The smallest absolute Gasteiger partial charge is 0.387 e. The molecule has 0 aliphatic heterocycles. The lowest BCUT2D eigenvalue weighted by molar-refractivity contribution is -0.870. The highest BCUT2D eigenvalue weighted by atomic mass is 31.2. The highest BCUT2D eigenvalue weighted by Crippen LogP contribution is 2.43. The van der Waals surface area contributed by atoms with Crippen LogP contribution in [0.4, 0.5) is 0 Å². The molecule has 8 nitrogen and oxygen atoms in total. The summed E-state index contributed by atoms with van der Waals surface area (Å²) in [6, 6.07) is -0.870. The van der Waals surface area contributed by atoms with Gasteiger partial charge in [-0.25, -0.2) is 4.57 Å². The second-order valence-electron chi connectivity index (χ2n) is 29.1. The highest BCUT2D eigenvalue weighted by Gasteiger charge is 2.28. The summed E-state index contributed by atoms with van der Waals surface area (Å²) in [5, 5.41) is 14.0. The molecular formula is C81H160N2O6P+. The van der Waals surface area contributed by atoms with Gasteiger partial charge in [-0.05, 0) is 44.9 Å². The first-order valence-electron chi connectivity index (χ1n) is 40.4. The number of carbonyl (C=O) groups excluding carboxylic acids is 1. The minimum absolute atomic E-state index is 0.0556. The van der Waals surface area contributed by atoms with Gasteiger partial charge in [0, 0.05) is 6.42 Å². The highest BCUT2D eigenvalue weighted by molar-refractivity contribution is 7.47. The molecule has 0 fully saturated rings. The predicted molar refractivity (Wildman–Crippen MR) is 397 cm³/mol. The fraction of sp³-hybridized carbons (Fsp3) is 0.914. The predicted octanol–water partition coefficient (Wildman–Crippen LogP) is 26.3. The molecular weight excluding hydrogens is 1130 g/mol. The third kappa shape index (κ3) is 74.1. The third-order valence-electron chi connectivity index (χ3n) is 18.8. The van der Waals surface area contributed by atoms with E-state index in [0.717, 1.165) is 44.9 Å². The number of hydrogen-bond donors (Lipinski definition) is 3. The Bertz CT molecular complexity index is 1560. The van der Waals surface area contributed by atoms with Gasteiger partial charge >= 0.3 is 7.82 Å². The van der Waals surface area contributed by atoms with Crippen LogP contribution in [0.5, 0.6) is 0 Å². The van der Waals surface area contributed by atoms with Gasteiger partial charge in [0.25, 0.3) is 0 Å². The molecule has 0 rings (SSSR count). The number of quaternary nitrogens is 1. The number of carbonyl (C=O) groups is 1. The number of phosphoric ester groups is 1. The van der Waals surface area contributed by atoms with Crippen LogP contribution in [0.3, 0.4) is 0 Å². The number of nitrogens with zero attached hydrogens (tertiary/aromatic N) is 1. The van der Waals surface area contributed by atoms with E-state index in [-0.39, 0.29) is 19.1 Å². The van der Waals surface area contributed by atoms with Gasteiger partial charge in [-0.1, -0.05) is 410 Å². The maximum atomic E-state index is 13.1. The van der Waals surface area contributed by atoms with E-state index in [0.29, 0.717) is 17.4 Å². The van der Waals surface area contributed by atoms with Crippen molar-refractivity contribution in [3.8, 4) is 0 Å². The monoisotopic (exact) mass is 1290 g/mol. The maximum Gasteiger partial charge on any atom is 0.472 e. The van der Waals surface area contributed by atoms with Crippen molar-refractivity contribution in [1.82, 2.24) is 5.32 Å². The summed E-state index contributed by atoms with van der Waals surface area (Å²) in [7, 11) is 1.57. The Kier molecular flexibility index (Phi) is 71.0. The van der Waals surface area contributed by atoms with Crippen molar-refractivity contribution in [3.63, 3.8) is 0 Å². The zero-order chi connectivity index (χ0) is 65.5. The molecule has 3 N–H and O–H groups in total. The second-order valence-corrected chi connectivity index (χ2v) is 30.6. The standard InChI is InChI=1S/C81H159N2O6P/c1-6-8-10-12-14-16-18-20-22-24-26-28-30-32-34-36-38-40-41-42-43-45-47-49-51-53-55-57-59-61-63-65-67-69-71-73-75-81(85)82-79(78-89-90(86,87)88-77-76-83(3,4)5)80(84)74-72-70-68-66-64-62-60-58-56-54-52-50-48-46-44-39-37-35-33-31-29-27-25-23-21-19-17-15-13-11-9-7-2/h56,58,64,66,72,74,79-80,84H,6-55,57,59-63,65,67-71,73,75-78H2,1-5H3,(H-,82,85,86,87)/p+1/b58-56+,66-64+,74-72+. The number of rotatable bonds is 76. The lowest BCUT2D eigenvalue weighted by atomic mass is 10.0. The zero-order valence-corrected chi connectivity index (χ0v) is 62.3. The summed E-state index contributed by atoms with van der Waals surface area (Å²) >= 11 is 0. The number of nitrogens with one attached hydrogen (secondary N) is 1. The van der Waals surface area contributed by atoms with Crippen molar-refractivity contribution in [2.75, 3.05) is 40.9 Å². The molecule has 90 heavy (non-hydrogen) atoms. The minimum Gasteiger partial charge on any atom is -0.387 e. The average molecular weight is 1290 g/mol. The largest absolute Gasteiger partial charge is 0.472 e. The van der Waals surface area contributed by atoms with E-state index in [9.17, 15) is 19.4 Å². The molecule has 1 amide bonds.